The van der Waals surface area contributed by atoms with Gasteiger partial charge in [0.1, 0.15) is 10.6 Å². The van der Waals surface area contributed by atoms with Crippen molar-refractivity contribution in [3.63, 3.8) is 0 Å². The van der Waals surface area contributed by atoms with Crippen molar-refractivity contribution in [2.75, 3.05) is 6.26 Å². The summed E-state index contributed by atoms with van der Waals surface area (Å²) < 4.78 is 53.2. The molecule has 0 aromatic heterocycles. The van der Waals surface area contributed by atoms with E-state index in [0.717, 1.165) is 17.9 Å². The highest BCUT2D eigenvalue weighted by Gasteiger charge is 2.21. The normalized spacial score (nSPS) is 12.8. The lowest BCUT2D eigenvalue weighted by Gasteiger charge is -2.19. The first-order valence-electron chi connectivity index (χ1n) is 7.25. The molecule has 0 amide bonds. The van der Waals surface area contributed by atoms with Gasteiger partial charge in [0.2, 0.25) is 0 Å². The topological polar surface area (TPSA) is 77.5 Å². The average Bonchev–Trinajstić information content (AvgIpc) is 2.45. The summed E-state index contributed by atoms with van der Waals surface area (Å²) in [5.41, 5.74) is 0.777. The molecule has 0 unspecified atom stereocenters. The molecule has 2 rings (SSSR count). The van der Waals surface area contributed by atoms with Crippen LogP contribution in [0.3, 0.4) is 0 Å². The van der Waals surface area contributed by atoms with Gasteiger partial charge >= 0.3 is 10.1 Å². The summed E-state index contributed by atoms with van der Waals surface area (Å²) in [6.07, 6.45) is 1.02. The fourth-order valence-corrected chi connectivity index (χ4v) is 3.76. The zero-order chi connectivity index (χ0) is 18.2. The van der Waals surface area contributed by atoms with Crippen LogP contribution in [0.2, 0.25) is 0 Å². The highest BCUT2D eigenvalue weighted by molar-refractivity contribution is 7.90. The van der Waals surface area contributed by atoms with Crippen LogP contribution >= 0.6 is 0 Å². The summed E-state index contributed by atoms with van der Waals surface area (Å²) >= 11 is 0. The first-order valence-corrected chi connectivity index (χ1v) is 10.5. The molecule has 7 heteroatoms. The minimum absolute atomic E-state index is 0.0735. The minimum atomic E-state index is -4.12. The van der Waals surface area contributed by atoms with Crippen LogP contribution in [0.1, 0.15) is 26.3 Å². The molecule has 0 aliphatic rings. The molecule has 130 valence electrons. The predicted octanol–water partition coefficient (Wildman–Crippen LogP) is 3.16. The van der Waals surface area contributed by atoms with E-state index >= 15 is 0 Å². The Morgan fingerprint density at radius 3 is 2.00 bits per heavy atom. The van der Waals surface area contributed by atoms with Gasteiger partial charge in [0.15, 0.2) is 9.84 Å². The first-order chi connectivity index (χ1) is 10.9. The molecule has 0 bridgehead atoms. The summed E-state index contributed by atoms with van der Waals surface area (Å²) in [4.78, 5) is -0.276. The summed E-state index contributed by atoms with van der Waals surface area (Å²) in [6.45, 7) is 6.03. The zero-order valence-electron chi connectivity index (χ0n) is 14.0. The average molecular weight is 368 g/mol. The van der Waals surface area contributed by atoms with Crippen LogP contribution in [-0.4, -0.2) is 23.1 Å². The van der Waals surface area contributed by atoms with Gasteiger partial charge in [-0.15, -0.1) is 0 Å². The molecule has 0 saturated carbocycles. The standard InChI is InChI=1S/C17H20O5S2/c1-17(2,3)13-7-5-8-14(11-13)22-24(20,21)16-10-6-9-15(12-16)23(4,18)19/h5-12H,1-4H3. The van der Waals surface area contributed by atoms with Crippen molar-refractivity contribution < 1.29 is 21.0 Å². The molecule has 0 atom stereocenters. The van der Waals surface area contributed by atoms with Gasteiger partial charge in [-0.3, -0.25) is 0 Å². The molecule has 2 aromatic rings. The fraction of sp³-hybridized carbons (Fsp3) is 0.294. The van der Waals surface area contributed by atoms with E-state index in [9.17, 15) is 16.8 Å². The summed E-state index contributed by atoms with van der Waals surface area (Å²) in [6, 6.07) is 11.9. The maximum atomic E-state index is 12.4. The van der Waals surface area contributed by atoms with Gasteiger partial charge in [0.05, 0.1) is 4.90 Å². The van der Waals surface area contributed by atoms with E-state index in [1.807, 2.05) is 26.8 Å². The number of sulfone groups is 1. The summed E-state index contributed by atoms with van der Waals surface area (Å²) in [5, 5.41) is 0. The molecule has 0 aliphatic heterocycles. The second-order valence-electron chi connectivity index (χ2n) is 6.56. The van der Waals surface area contributed by atoms with E-state index < -0.39 is 20.0 Å². The minimum Gasteiger partial charge on any atom is -0.379 e. The zero-order valence-corrected chi connectivity index (χ0v) is 15.6. The first kappa shape index (κ1) is 18.5. The lowest BCUT2D eigenvalue weighted by Crippen LogP contribution is -2.13. The molecule has 0 spiro atoms. The van der Waals surface area contributed by atoms with Crippen molar-refractivity contribution in [1.29, 1.82) is 0 Å². The number of hydrogen-bond acceptors (Lipinski definition) is 5. The van der Waals surface area contributed by atoms with Crippen LogP contribution in [0.25, 0.3) is 0 Å². The van der Waals surface area contributed by atoms with Gasteiger partial charge in [0.25, 0.3) is 0 Å². The van der Waals surface area contributed by atoms with E-state index in [-0.39, 0.29) is 21.0 Å². The molecule has 0 aliphatic carbocycles. The summed E-state index contributed by atoms with van der Waals surface area (Å²) in [7, 11) is -7.63. The smallest absolute Gasteiger partial charge is 0.339 e. The van der Waals surface area contributed by atoms with E-state index in [1.54, 1.807) is 18.2 Å². The van der Waals surface area contributed by atoms with E-state index in [4.69, 9.17) is 4.18 Å². The van der Waals surface area contributed by atoms with Crippen LogP contribution in [0.5, 0.6) is 5.75 Å². The lowest BCUT2D eigenvalue weighted by atomic mass is 9.87. The van der Waals surface area contributed by atoms with Gasteiger partial charge in [-0.05, 0) is 41.3 Å². The van der Waals surface area contributed by atoms with Crippen molar-refractivity contribution in [2.24, 2.45) is 0 Å². The largest absolute Gasteiger partial charge is 0.379 e. The van der Waals surface area contributed by atoms with Gasteiger partial charge in [-0.2, -0.15) is 8.42 Å². The van der Waals surface area contributed by atoms with Crippen molar-refractivity contribution >= 4 is 20.0 Å². The molecule has 0 radical (unpaired) electrons. The van der Waals surface area contributed by atoms with Gasteiger partial charge < -0.3 is 4.18 Å². The Balaban J connectivity index is 2.40. The second-order valence-corrected chi connectivity index (χ2v) is 10.1. The predicted molar refractivity (Wildman–Crippen MR) is 92.5 cm³/mol. The number of rotatable bonds is 4. The van der Waals surface area contributed by atoms with E-state index in [0.29, 0.717) is 0 Å². The highest BCUT2D eigenvalue weighted by Crippen LogP contribution is 2.27. The Morgan fingerprint density at radius 2 is 1.42 bits per heavy atom. The second kappa shape index (κ2) is 6.22. The molecular formula is C17H20O5S2. The monoisotopic (exact) mass is 368 g/mol. The van der Waals surface area contributed by atoms with Crippen LogP contribution in [0, 0.1) is 0 Å². The quantitative estimate of drug-likeness (QED) is 0.775. The molecule has 2 aromatic carbocycles. The maximum Gasteiger partial charge on any atom is 0.339 e. The van der Waals surface area contributed by atoms with Crippen molar-refractivity contribution in [3.05, 3.63) is 54.1 Å². The highest BCUT2D eigenvalue weighted by atomic mass is 32.2. The molecular weight excluding hydrogens is 348 g/mol. The molecule has 24 heavy (non-hydrogen) atoms. The van der Waals surface area contributed by atoms with Crippen molar-refractivity contribution in [2.45, 2.75) is 36.0 Å². The molecule has 5 nitrogen and oxygen atoms in total. The third-order valence-corrected chi connectivity index (χ3v) is 5.78. The number of benzene rings is 2. The Kier molecular flexibility index (Phi) is 4.79. The maximum absolute atomic E-state index is 12.4. The van der Waals surface area contributed by atoms with Crippen molar-refractivity contribution in [1.82, 2.24) is 0 Å². The van der Waals surface area contributed by atoms with Gasteiger partial charge in [-0.25, -0.2) is 8.42 Å². The molecule has 0 saturated heterocycles. The fourth-order valence-electron chi connectivity index (χ4n) is 2.05. The molecule has 0 fully saturated rings. The van der Waals surface area contributed by atoms with Crippen LogP contribution in [0.4, 0.5) is 0 Å². The number of hydrogen-bond donors (Lipinski definition) is 0. The Bertz CT molecular complexity index is 952. The Morgan fingerprint density at radius 1 is 0.833 bits per heavy atom. The SMILES string of the molecule is CC(C)(C)c1cccc(OS(=O)(=O)c2cccc(S(C)(=O)=O)c2)c1. The van der Waals surface area contributed by atoms with E-state index in [2.05, 4.69) is 0 Å². The van der Waals surface area contributed by atoms with Gasteiger partial charge in [-0.1, -0.05) is 39.0 Å². The lowest BCUT2D eigenvalue weighted by molar-refractivity contribution is 0.483. The van der Waals surface area contributed by atoms with Gasteiger partial charge in [0, 0.05) is 6.26 Å². The Hall–Kier alpha value is -1.86. The van der Waals surface area contributed by atoms with Crippen molar-refractivity contribution in [3.8, 4) is 5.75 Å². The van der Waals surface area contributed by atoms with Crippen LogP contribution in [-0.2, 0) is 25.4 Å². The van der Waals surface area contributed by atoms with Crippen LogP contribution in [0.15, 0.2) is 58.3 Å². The molecule has 0 heterocycles. The van der Waals surface area contributed by atoms with Crippen LogP contribution < -0.4 is 4.18 Å². The Labute approximate surface area is 143 Å². The van der Waals surface area contributed by atoms with E-state index in [1.165, 1.54) is 18.2 Å². The molecule has 0 N–H and O–H groups in total. The third kappa shape index (κ3) is 4.36. The summed E-state index contributed by atoms with van der Waals surface area (Å²) in [5.74, 6) is 0.187. The third-order valence-electron chi connectivity index (χ3n) is 3.43.